The van der Waals surface area contributed by atoms with Gasteiger partial charge < -0.3 is 4.90 Å². The molecule has 1 heterocycles. The second-order valence-electron chi connectivity index (χ2n) is 5.19. The van der Waals surface area contributed by atoms with E-state index in [4.69, 9.17) is 23.2 Å². The highest BCUT2D eigenvalue weighted by molar-refractivity contribution is 9.10. The number of aromatic nitrogens is 2. The molecule has 1 amide bonds. The summed E-state index contributed by atoms with van der Waals surface area (Å²) in [4.78, 5) is 13.7. The Morgan fingerprint density at radius 3 is 2.44 bits per heavy atom. The molecule has 25 heavy (non-hydrogen) atoms. The van der Waals surface area contributed by atoms with Crippen LogP contribution in [0.3, 0.4) is 0 Å². The molecule has 0 unspecified atom stereocenters. The van der Waals surface area contributed by atoms with Crippen molar-refractivity contribution in [3.63, 3.8) is 0 Å². The van der Waals surface area contributed by atoms with Crippen LogP contribution in [0.2, 0.25) is 10.0 Å². The van der Waals surface area contributed by atoms with E-state index in [1.54, 1.807) is 13.0 Å². The third kappa shape index (κ3) is 3.72. The quantitative estimate of drug-likeness (QED) is 0.666. The molecular weight excluding hydrogens is 453 g/mol. The molecule has 0 radical (unpaired) electrons. The van der Waals surface area contributed by atoms with E-state index in [1.165, 1.54) is 17.2 Å². The number of aryl methyl sites for hydroxylation is 1. The average Bonchev–Trinajstić information content (AvgIpc) is 2.95. The Morgan fingerprint density at radius 1 is 1.28 bits per heavy atom. The lowest BCUT2D eigenvalue weighted by molar-refractivity contribution is 0.201. The van der Waals surface area contributed by atoms with Crippen LogP contribution in [0.1, 0.15) is 19.4 Å². The topological polar surface area (TPSA) is 72.3 Å². The Bertz CT molecular complexity index is 924. The molecule has 0 aliphatic carbocycles. The number of halogens is 3. The van der Waals surface area contributed by atoms with Gasteiger partial charge in [-0.1, -0.05) is 29.3 Å². The summed E-state index contributed by atoms with van der Waals surface area (Å²) in [5.41, 5.74) is 0.569. The van der Waals surface area contributed by atoms with Crippen molar-refractivity contribution in [1.82, 2.24) is 14.7 Å². The molecule has 10 heteroatoms. The molecule has 2 aromatic rings. The van der Waals surface area contributed by atoms with Gasteiger partial charge in [-0.3, -0.25) is 0 Å². The summed E-state index contributed by atoms with van der Waals surface area (Å²) < 4.78 is 27.1. The highest BCUT2D eigenvalue weighted by Crippen LogP contribution is 2.37. The van der Waals surface area contributed by atoms with Gasteiger partial charge in [0.2, 0.25) is 9.84 Å². The molecule has 0 saturated carbocycles. The zero-order valence-corrected chi connectivity index (χ0v) is 17.7. The molecule has 1 aromatic heterocycles. The minimum Gasteiger partial charge on any atom is -0.323 e. The fourth-order valence-corrected chi connectivity index (χ4v) is 5.54. The second-order valence-corrected chi connectivity index (χ2v) is 8.63. The zero-order chi connectivity index (χ0) is 18.9. The van der Waals surface area contributed by atoms with Gasteiger partial charge in [0.25, 0.3) is 0 Å². The zero-order valence-electron chi connectivity index (χ0n) is 13.8. The second kappa shape index (κ2) is 7.65. The number of amides is 1. The van der Waals surface area contributed by atoms with Gasteiger partial charge in [-0.15, -0.1) is 0 Å². The van der Waals surface area contributed by atoms with E-state index >= 15 is 0 Å². The van der Waals surface area contributed by atoms with Crippen molar-refractivity contribution < 1.29 is 13.2 Å². The fraction of sp³-hybridized carbons (Fsp3) is 0.333. The Hall–Kier alpha value is -1.09. The number of sulfone groups is 1. The van der Waals surface area contributed by atoms with Crippen molar-refractivity contribution in [2.24, 2.45) is 0 Å². The number of benzene rings is 1. The Morgan fingerprint density at radius 2 is 1.88 bits per heavy atom. The molecular formula is C15H16BrCl2N3O3S. The summed E-state index contributed by atoms with van der Waals surface area (Å²) >= 11 is 15.4. The van der Waals surface area contributed by atoms with Gasteiger partial charge >= 0.3 is 6.03 Å². The van der Waals surface area contributed by atoms with Gasteiger partial charge in [0.1, 0.15) is 4.90 Å². The van der Waals surface area contributed by atoms with Crippen LogP contribution in [0.25, 0.3) is 0 Å². The molecule has 0 bridgehead atoms. The van der Waals surface area contributed by atoms with E-state index in [2.05, 4.69) is 21.0 Å². The molecule has 1 aromatic carbocycles. The summed E-state index contributed by atoms with van der Waals surface area (Å²) in [7, 11) is -4.12. The number of hydrogen-bond donors (Lipinski definition) is 0. The summed E-state index contributed by atoms with van der Waals surface area (Å²) in [6, 6.07) is 2.66. The van der Waals surface area contributed by atoms with Crippen molar-refractivity contribution >= 4 is 55.0 Å². The predicted octanol–water partition coefficient (Wildman–Crippen LogP) is 4.40. The van der Waals surface area contributed by atoms with Crippen molar-refractivity contribution in [2.75, 3.05) is 13.1 Å². The van der Waals surface area contributed by atoms with Crippen molar-refractivity contribution in [3.05, 3.63) is 38.4 Å². The Kier molecular flexibility index (Phi) is 6.19. The highest BCUT2D eigenvalue weighted by Gasteiger charge is 2.31. The predicted molar refractivity (Wildman–Crippen MR) is 100 cm³/mol. The molecule has 2 rings (SSSR count). The minimum atomic E-state index is -4.12. The van der Waals surface area contributed by atoms with Crippen molar-refractivity contribution in [1.29, 1.82) is 0 Å². The van der Waals surface area contributed by atoms with E-state index in [0.717, 1.165) is 4.68 Å². The smallest absolute Gasteiger partial charge is 0.323 e. The highest BCUT2D eigenvalue weighted by atomic mass is 79.9. The maximum absolute atomic E-state index is 13.0. The molecule has 0 aliphatic heterocycles. The van der Waals surface area contributed by atoms with E-state index in [0.29, 0.717) is 18.7 Å². The number of carbonyl (C=O) groups is 1. The Balaban J connectivity index is 2.60. The van der Waals surface area contributed by atoms with E-state index in [9.17, 15) is 13.2 Å². The number of carbonyl (C=O) groups excluding carboxylic acids is 1. The molecule has 0 atom stereocenters. The number of rotatable bonds is 4. The first kappa shape index (κ1) is 20.2. The minimum absolute atomic E-state index is 0.00730. The number of nitrogens with zero attached hydrogens (tertiary/aromatic N) is 3. The lowest BCUT2D eigenvalue weighted by Gasteiger charge is -2.17. The third-order valence-corrected chi connectivity index (χ3v) is 7.27. The van der Waals surface area contributed by atoms with Crippen LogP contribution in [-0.4, -0.2) is 42.2 Å². The molecule has 0 saturated heterocycles. The van der Waals surface area contributed by atoms with Crippen LogP contribution in [0.15, 0.2) is 32.7 Å². The van der Waals surface area contributed by atoms with Crippen LogP contribution >= 0.6 is 39.1 Å². The maximum atomic E-state index is 13.0. The largest absolute Gasteiger partial charge is 0.344 e. The molecule has 6 nitrogen and oxygen atoms in total. The van der Waals surface area contributed by atoms with Gasteiger partial charge in [0.15, 0.2) is 5.03 Å². The van der Waals surface area contributed by atoms with Gasteiger partial charge in [-0.2, -0.15) is 9.78 Å². The van der Waals surface area contributed by atoms with Crippen LogP contribution < -0.4 is 0 Å². The SMILES string of the molecule is CCN(CC)C(=O)n1cc(Br)c(S(=O)(=O)c2c(Cl)ccc(C)c2Cl)n1. The Labute approximate surface area is 164 Å². The standard InChI is InChI=1S/C15H16BrCl2N3O3S/c1-4-20(5-2)15(22)21-8-10(16)14(19-21)25(23,24)13-11(17)7-6-9(3)12(13)18/h6-8H,4-5H2,1-3H3. The normalized spacial score (nSPS) is 11.6. The molecule has 0 spiro atoms. The maximum Gasteiger partial charge on any atom is 0.344 e. The molecule has 0 fully saturated rings. The average molecular weight is 469 g/mol. The third-order valence-electron chi connectivity index (χ3n) is 3.63. The summed E-state index contributed by atoms with van der Waals surface area (Å²) in [5, 5.41) is 3.67. The molecule has 136 valence electrons. The summed E-state index contributed by atoms with van der Waals surface area (Å²) in [6.45, 7) is 6.28. The first-order valence-corrected chi connectivity index (χ1v) is 10.4. The molecule has 0 N–H and O–H groups in total. The van der Waals surface area contributed by atoms with Gasteiger partial charge in [0.05, 0.1) is 20.7 Å². The van der Waals surface area contributed by atoms with E-state index in [1.807, 2.05) is 13.8 Å². The van der Waals surface area contributed by atoms with Gasteiger partial charge in [-0.25, -0.2) is 13.2 Å². The summed E-state index contributed by atoms with van der Waals surface area (Å²) in [6.07, 6.45) is 1.31. The van der Waals surface area contributed by atoms with E-state index < -0.39 is 15.9 Å². The first-order chi connectivity index (χ1) is 11.6. The summed E-state index contributed by atoms with van der Waals surface area (Å²) in [5.74, 6) is 0. The molecule has 0 aliphatic rings. The van der Waals surface area contributed by atoms with Gasteiger partial charge in [0, 0.05) is 13.1 Å². The van der Waals surface area contributed by atoms with E-state index in [-0.39, 0.29) is 24.4 Å². The lowest BCUT2D eigenvalue weighted by Crippen LogP contribution is -2.34. The number of hydrogen-bond acceptors (Lipinski definition) is 4. The lowest BCUT2D eigenvalue weighted by atomic mass is 10.2. The van der Waals surface area contributed by atoms with Crippen LogP contribution in [0, 0.1) is 6.92 Å². The van der Waals surface area contributed by atoms with Crippen LogP contribution in [0.5, 0.6) is 0 Å². The van der Waals surface area contributed by atoms with Crippen molar-refractivity contribution in [2.45, 2.75) is 30.7 Å². The van der Waals surface area contributed by atoms with Crippen molar-refractivity contribution in [3.8, 4) is 0 Å². The van der Waals surface area contributed by atoms with Gasteiger partial charge in [-0.05, 0) is 48.3 Å². The van der Waals surface area contributed by atoms with Crippen LogP contribution in [-0.2, 0) is 9.84 Å². The monoisotopic (exact) mass is 467 g/mol. The first-order valence-electron chi connectivity index (χ1n) is 7.39. The van der Waals surface area contributed by atoms with Crippen LogP contribution in [0.4, 0.5) is 4.79 Å². The fourth-order valence-electron chi connectivity index (χ4n) is 2.23.